The highest BCUT2D eigenvalue weighted by Gasteiger charge is 2.26. The monoisotopic (exact) mass is 251 g/mol. The van der Waals surface area contributed by atoms with Crippen LogP contribution in [0.1, 0.15) is 19.3 Å². The van der Waals surface area contributed by atoms with Crippen LogP contribution in [0.15, 0.2) is 26.3 Å². The predicted molar refractivity (Wildman–Crippen MR) is 66.6 cm³/mol. The lowest BCUT2D eigenvalue weighted by atomic mass is 10.2. The van der Waals surface area contributed by atoms with Crippen molar-refractivity contribution in [2.45, 2.75) is 31.3 Å². The number of hydrogen-bond donors (Lipinski definition) is 3. The third kappa shape index (κ3) is 8.79. The first-order valence-electron chi connectivity index (χ1n) is 4.72. The predicted octanol–water partition coefficient (Wildman–Crippen LogP) is 1.05. The summed E-state index contributed by atoms with van der Waals surface area (Å²) in [5, 5.41) is 0. The Balaban J connectivity index is 0. The zero-order valence-corrected chi connectivity index (χ0v) is 10.5. The first kappa shape index (κ1) is 17.9. The quantitative estimate of drug-likeness (QED) is 0.337. The van der Waals surface area contributed by atoms with Gasteiger partial charge in [0.25, 0.3) is 0 Å². The maximum absolute atomic E-state index is 11.0. The van der Waals surface area contributed by atoms with Crippen molar-refractivity contribution in [3.63, 3.8) is 0 Å². The van der Waals surface area contributed by atoms with Crippen molar-refractivity contribution in [2.75, 3.05) is 0 Å². The summed E-state index contributed by atoms with van der Waals surface area (Å²) in [5.41, 5.74) is 16.3. The summed E-state index contributed by atoms with van der Waals surface area (Å²) in [6.07, 6.45) is 1.19. The van der Waals surface area contributed by atoms with Crippen molar-refractivity contribution in [3.05, 3.63) is 26.3 Å². The molecule has 0 aromatic heterocycles. The molecule has 0 radical (unpaired) electrons. The first-order chi connectivity index (χ1) is 7.49. The average Bonchev–Trinajstić information content (AvgIpc) is 2.20. The van der Waals surface area contributed by atoms with Crippen LogP contribution in [0, 0.1) is 0 Å². The van der Waals surface area contributed by atoms with Crippen LogP contribution < -0.4 is 17.2 Å². The molecule has 6 nitrogen and oxygen atoms in total. The molecular formula is C9H22N3O3P. The summed E-state index contributed by atoms with van der Waals surface area (Å²) in [5.74, 6) is -1.34. The molecule has 0 aliphatic carbocycles. The van der Waals surface area contributed by atoms with E-state index in [0.29, 0.717) is 19.3 Å². The number of rotatable bonds is 0. The van der Waals surface area contributed by atoms with Crippen LogP contribution in [-0.2, 0) is 13.6 Å². The summed E-state index contributed by atoms with van der Waals surface area (Å²) in [6, 6.07) is 0. The molecule has 6 N–H and O–H groups in total. The summed E-state index contributed by atoms with van der Waals surface area (Å²) < 4.78 is 20.5. The second kappa shape index (κ2) is 9.72. The van der Waals surface area contributed by atoms with Gasteiger partial charge < -0.3 is 5.73 Å². The average molecular weight is 251 g/mol. The smallest absolute Gasteiger partial charge is 0.306 e. The fourth-order valence-electron chi connectivity index (χ4n) is 0.992. The van der Waals surface area contributed by atoms with Crippen LogP contribution in [0.3, 0.4) is 0 Å². The van der Waals surface area contributed by atoms with Crippen LogP contribution in [-0.4, -0.2) is 12.1 Å². The second-order valence-corrected chi connectivity index (χ2v) is 3.80. The van der Waals surface area contributed by atoms with Gasteiger partial charge in [-0.05, 0) is 12.8 Å². The van der Waals surface area contributed by atoms with Gasteiger partial charge in [-0.25, -0.2) is 0 Å². The Morgan fingerprint density at radius 3 is 2.25 bits per heavy atom. The molecule has 1 aliphatic rings. The third-order valence-corrected chi connectivity index (χ3v) is 2.62. The molecule has 1 rings (SSSR count). The normalized spacial score (nSPS) is 28.2. The van der Waals surface area contributed by atoms with Gasteiger partial charge in [0.05, 0.1) is 0 Å². The van der Waals surface area contributed by atoms with Crippen molar-refractivity contribution >= 4 is 8.25 Å². The van der Waals surface area contributed by atoms with Crippen molar-refractivity contribution in [2.24, 2.45) is 17.2 Å². The molecule has 1 saturated heterocycles. The van der Waals surface area contributed by atoms with Crippen LogP contribution in [0.2, 0.25) is 0 Å². The van der Waals surface area contributed by atoms with E-state index in [1.54, 1.807) is 0 Å². The molecule has 96 valence electrons. The third-order valence-electron chi connectivity index (χ3n) is 1.58. The Kier molecular flexibility index (Phi) is 10.9. The fourth-order valence-corrected chi connectivity index (χ4v) is 1.82. The lowest BCUT2D eigenvalue weighted by Crippen LogP contribution is -2.51. The minimum atomic E-state index is -2.63. The topological polar surface area (TPSA) is 114 Å². The molecule has 0 saturated carbocycles. The molecule has 0 aromatic rings. The van der Waals surface area contributed by atoms with E-state index < -0.39 is 20.3 Å². The van der Waals surface area contributed by atoms with Crippen LogP contribution in [0.4, 0.5) is 0 Å². The number of nitrogens with two attached hydrogens (primary N) is 3. The summed E-state index contributed by atoms with van der Waals surface area (Å²) in [4.78, 5) is 0. The van der Waals surface area contributed by atoms with E-state index in [-0.39, 0.29) is 0 Å². The van der Waals surface area contributed by atoms with Crippen LogP contribution >= 0.6 is 8.25 Å². The van der Waals surface area contributed by atoms with E-state index in [9.17, 15) is 4.57 Å². The Bertz CT molecular complexity index is 212. The summed E-state index contributed by atoms with van der Waals surface area (Å²) in [7, 11) is -2.63. The van der Waals surface area contributed by atoms with E-state index in [1.807, 2.05) is 0 Å². The first-order valence-corrected chi connectivity index (χ1v) is 5.95. The molecule has 1 fully saturated rings. The highest BCUT2D eigenvalue weighted by molar-refractivity contribution is 7.33. The van der Waals surface area contributed by atoms with Crippen LogP contribution in [0.5, 0.6) is 0 Å². The Hall–Kier alpha value is -0.490. The molecule has 2 atom stereocenters. The molecule has 1 heterocycles. The largest absolute Gasteiger partial charge is 0.323 e. The van der Waals surface area contributed by atoms with Crippen molar-refractivity contribution in [3.8, 4) is 0 Å². The molecule has 1 aliphatic heterocycles. The lowest BCUT2D eigenvalue weighted by molar-refractivity contribution is 0.0276. The zero-order valence-electron chi connectivity index (χ0n) is 9.48. The van der Waals surface area contributed by atoms with Gasteiger partial charge in [-0.1, -0.05) is 0 Å². The SMILES string of the molecule is C=C.C=C.NC1CCCC(N)(N)O[PH](=O)O1. The van der Waals surface area contributed by atoms with Gasteiger partial charge in [0.15, 0.2) is 5.85 Å². The summed E-state index contributed by atoms with van der Waals surface area (Å²) >= 11 is 0. The Morgan fingerprint density at radius 2 is 1.75 bits per heavy atom. The van der Waals surface area contributed by atoms with Gasteiger partial charge in [-0.15, -0.1) is 26.3 Å². The highest BCUT2D eigenvalue weighted by Crippen LogP contribution is 2.33. The lowest BCUT2D eigenvalue weighted by Gasteiger charge is -2.27. The van der Waals surface area contributed by atoms with E-state index in [4.69, 9.17) is 26.2 Å². The molecule has 0 spiro atoms. The zero-order chi connectivity index (χ0) is 13.2. The Labute approximate surface area is 97.4 Å². The maximum atomic E-state index is 11.0. The van der Waals surface area contributed by atoms with Gasteiger partial charge in [-0.3, -0.25) is 25.1 Å². The van der Waals surface area contributed by atoms with E-state index in [1.165, 1.54) is 0 Å². The van der Waals surface area contributed by atoms with Gasteiger partial charge in [0.2, 0.25) is 0 Å². The highest BCUT2D eigenvalue weighted by atomic mass is 31.1. The summed E-state index contributed by atoms with van der Waals surface area (Å²) in [6.45, 7) is 12.0. The van der Waals surface area contributed by atoms with Gasteiger partial charge in [0, 0.05) is 6.42 Å². The Morgan fingerprint density at radius 1 is 1.25 bits per heavy atom. The second-order valence-electron chi connectivity index (χ2n) is 2.86. The van der Waals surface area contributed by atoms with E-state index in [2.05, 4.69) is 26.3 Å². The van der Waals surface area contributed by atoms with Crippen molar-refractivity contribution in [1.29, 1.82) is 0 Å². The minimum absolute atomic E-state index is 0.431. The van der Waals surface area contributed by atoms with Crippen molar-refractivity contribution < 1.29 is 13.6 Å². The number of hydrogen-bond acceptors (Lipinski definition) is 6. The van der Waals surface area contributed by atoms with Gasteiger partial charge in [0.1, 0.15) is 6.23 Å². The van der Waals surface area contributed by atoms with Crippen LogP contribution in [0.25, 0.3) is 0 Å². The molecule has 0 amide bonds. The van der Waals surface area contributed by atoms with E-state index in [0.717, 1.165) is 0 Å². The molecule has 2 unspecified atom stereocenters. The van der Waals surface area contributed by atoms with Gasteiger partial charge >= 0.3 is 8.25 Å². The molecule has 0 bridgehead atoms. The molecule has 7 heteroatoms. The minimum Gasteiger partial charge on any atom is -0.306 e. The van der Waals surface area contributed by atoms with Crippen molar-refractivity contribution in [1.82, 2.24) is 0 Å². The molecule has 0 aromatic carbocycles. The standard InChI is InChI=1S/C5H14N3O3P.2C2H4/c6-4-2-1-3-5(7,8)11-12(9)10-4;2*1-2/h4,12H,1-3,6-8H2;2*1-2H2. The maximum Gasteiger partial charge on any atom is 0.323 e. The molecular weight excluding hydrogens is 229 g/mol. The van der Waals surface area contributed by atoms with Gasteiger partial charge in [-0.2, -0.15) is 0 Å². The van der Waals surface area contributed by atoms with E-state index >= 15 is 0 Å². The molecule has 16 heavy (non-hydrogen) atoms. The fraction of sp³-hybridized carbons (Fsp3) is 0.556.